The van der Waals surface area contributed by atoms with E-state index in [2.05, 4.69) is 0 Å². The third kappa shape index (κ3) is 3.05. The minimum absolute atomic E-state index is 0.104. The first-order valence-corrected chi connectivity index (χ1v) is 8.42. The lowest BCUT2D eigenvalue weighted by atomic mass is 10.3. The molecule has 1 aromatic rings. The zero-order valence-electron chi connectivity index (χ0n) is 10.2. The average Bonchev–Trinajstić information content (AvgIpc) is 2.44. The smallest absolute Gasteiger partial charge is 0.244 e. The topological polar surface area (TPSA) is 46.6 Å². The Labute approximate surface area is 131 Å². The Morgan fingerprint density at radius 1 is 1.40 bits per heavy atom. The Hall–Kier alpha value is -0.110. The molecule has 1 unspecified atom stereocenters. The van der Waals surface area contributed by atoms with Crippen LogP contribution in [0.25, 0.3) is 0 Å². The first kappa shape index (κ1) is 16.3. The molecule has 9 heteroatoms. The van der Waals surface area contributed by atoms with E-state index in [-0.39, 0.29) is 35.5 Å². The zero-order chi connectivity index (χ0) is 14.9. The molecule has 1 atom stereocenters. The second kappa shape index (κ2) is 6.34. The highest BCUT2D eigenvalue weighted by Crippen LogP contribution is 2.31. The highest BCUT2D eigenvalue weighted by atomic mass is 35.5. The van der Waals surface area contributed by atoms with Crippen molar-refractivity contribution in [3.05, 3.63) is 28.0 Å². The third-order valence-electron chi connectivity index (χ3n) is 2.89. The van der Waals surface area contributed by atoms with Crippen LogP contribution in [0.3, 0.4) is 0 Å². The Bertz CT molecular complexity index is 611. The van der Waals surface area contributed by atoms with Crippen LogP contribution in [0.15, 0.2) is 17.0 Å². The molecule has 0 saturated carbocycles. The second-order valence-corrected chi connectivity index (χ2v) is 7.18. The lowest BCUT2D eigenvalue weighted by Crippen LogP contribution is -2.46. The van der Waals surface area contributed by atoms with E-state index >= 15 is 0 Å². The molecule has 1 aromatic carbocycles. The van der Waals surface area contributed by atoms with Gasteiger partial charge in [-0.2, -0.15) is 4.31 Å². The molecular weight excluding hydrogens is 352 g/mol. The van der Waals surface area contributed by atoms with E-state index in [1.165, 1.54) is 10.4 Å². The summed E-state index contributed by atoms with van der Waals surface area (Å²) in [5, 5.41) is -0.735. The summed E-state index contributed by atoms with van der Waals surface area (Å²) in [6.45, 7) is 0.493. The third-order valence-corrected chi connectivity index (χ3v) is 5.92. The van der Waals surface area contributed by atoms with Crippen LogP contribution in [0.5, 0.6) is 0 Å². The summed E-state index contributed by atoms with van der Waals surface area (Å²) < 4.78 is 45.0. The van der Waals surface area contributed by atoms with E-state index in [4.69, 9.17) is 39.5 Å². The number of rotatable bonds is 3. The van der Waals surface area contributed by atoms with Gasteiger partial charge in [0.2, 0.25) is 10.0 Å². The second-order valence-electron chi connectivity index (χ2n) is 4.18. The maximum absolute atomic E-state index is 13.6. The predicted molar refractivity (Wildman–Crippen MR) is 75.6 cm³/mol. The van der Waals surface area contributed by atoms with E-state index in [0.29, 0.717) is 0 Å². The fourth-order valence-corrected chi connectivity index (χ4v) is 4.21. The van der Waals surface area contributed by atoms with Gasteiger partial charge in [0, 0.05) is 19.0 Å². The molecule has 0 spiro atoms. The monoisotopic (exact) mass is 361 g/mol. The number of ether oxygens (including phenoxy) is 1. The summed E-state index contributed by atoms with van der Waals surface area (Å²) in [5.74, 6) is -0.772. The number of alkyl halides is 1. The molecule has 1 aliphatic heterocycles. The average molecular weight is 363 g/mol. The van der Waals surface area contributed by atoms with Gasteiger partial charge in [0.15, 0.2) is 5.82 Å². The molecule has 0 N–H and O–H groups in total. The van der Waals surface area contributed by atoms with Gasteiger partial charge in [-0.3, -0.25) is 0 Å². The molecule has 0 amide bonds. The van der Waals surface area contributed by atoms with Gasteiger partial charge in [-0.15, -0.1) is 11.6 Å². The molecule has 0 aliphatic carbocycles. The minimum atomic E-state index is -3.91. The normalized spacial score (nSPS) is 21.1. The summed E-state index contributed by atoms with van der Waals surface area (Å²) in [6, 6.07) is 2.35. The zero-order valence-corrected chi connectivity index (χ0v) is 13.2. The molecule has 0 aromatic heterocycles. The van der Waals surface area contributed by atoms with Crippen LogP contribution in [-0.2, 0) is 14.8 Å². The maximum Gasteiger partial charge on any atom is 0.244 e. The van der Waals surface area contributed by atoms with E-state index in [0.717, 1.165) is 6.07 Å². The number of nitrogens with zero attached hydrogens (tertiary/aromatic N) is 1. The van der Waals surface area contributed by atoms with Gasteiger partial charge in [0.05, 0.1) is 22.8 Å². The van der Waals surface area contributed by atoms with Crippen molar-refractivity contribution >= 4 is 44.8 Å². The van der Waals surface area contributed by atoms with Crippen molar-refractivity contribution in [1.82, 2.24) is 4.31 Å². The molecule has 112 valence electrons. The van der Waals surface area contributed by atoms with E-state index in [1.54, 1.807) is 0 Å². The molecule has 1 fully saturated rings. The lowest BCUT2D eigenvalue weighted by molar-refractivity contribution is 0.0122. The summed E-state index contributed by atoms with van der Waals surface area (Å²) in [4.78, 5) is -0.309. The lowest BCUT2D eigenvalue weighted by Gasteiger charge is -2.31. The van der Waals surface area contributed by atoms with Crippen LogP contribution >= 0.6 is 34.8 Å². The van der Waals surface area contributed by atoms with Gasteiger partial charge >= 0.3 is 0 Å². The molecule has 1 heterocycles. The Morgan fingerprint density at radius 3 is 2.75 bits per heavy atom. The number of halogens is 4. The van der Waals surface area contributed by atoms with Crippen LogP contribution in [0.1, 0.15) is 0 Å². The van der Waals surface area contributed by atoms with Gasteiger partial charge < -0.3 is 4.74 Å². The van der Waals surface area contributed by atoms with Gasteiger partial charge in [-0.1, -0.05) is 23.2 Å². The molecule has 20 heavy (non-hydrogen) atoms. The number of sulfonamides is 1. The first-order valence-electron chi connectivity index (χ1n) is 5.69. The van der Waals surface area contributed by atoms with Crippen LogP contribution < -0.4 is 0 Å². The summed E-state index contributed by atoms with van der Waals surface area (Å²) >= 11 is 17.0. The standard InChI is InChI=1S/C11H11Cl3FNO3S/c12-5-7-6-16(3-4-19-7)20(17,18)9-2-1-8(13)11(15)10(9)14/h1-2,7H,3-6H2. The Balaban J connectivity index is 2.38. The van der Waals surface area contributed by atoms with Crippen molar-refractivity contribution in [3.8, 4) is 0 Å². The predicted octanol–water partition coefficient (Wildman–Crippen LogP) is 2.76. The van der Waals surface area contributed by atoms with Crippen molar-refractivity contribution in [3.63, 3.8) is 0 Å². The number of hydrogen-bond donors (Lipinski definition) is 0. The fourth-order valence-electron chi connectivity index (χ4n) is 1.85. The quantitative estimate of drug-likeness (QED) is 0.613. The largest absolute Gasteiger partial charge is 0.374 e. The molecule has 0 bridgehead atoms. The Kier molecular flexibility index (Phi) is 5.15. The highest BCUT2D eigenvalue weighted by Gasteiger charge is 2.33. The van der Waals surface area contributed by atoms with Crippen molar-refractivity contribution in [1.29, 1.82) is 0 Å². The molecule has 0 radical (unpaired) electrons. The fraction of sp³-hybridized carbons (Fsp3) is 0.455. The number of hydrogen-bond acceptors (Lipinski definition) is 3. The molecule has 2 rings (SSSR count). The van der Waals surface area contributed by atoms with Gasteiger partial charge in [-0.05, 0) is 12.1 Å². The summed E-state index contributed by atoms with van der Waals surface area (Å²) in [7, 11) is -3.91. The van der Waals surface area contributed by atoms with Crippen molar-refractivity contribution in [2.45, 2.75) is 11.0 Å². The van der Waals surface area contributed by atoms with E-state index in [1.807, 2.05) is 0 Å². The summed E-state index contributed by atoms with van der Waals surface area (Å²) in [6.07, 6.45) is -0.392. The summed E-state index contributed by atoms with van der Waals surface area (Å²) in [5.41, 5.74) is 0. The number of benzene rings is 1. The van der Waals surface area contributed by atoms with Crippen LogP contribution in [-0.4, -0.2) is 44.4 Å². The van der Waals surface area contributed by atoms with Gasteiger partial charge in [0.25, 0.3) is 0 Å². The van der Waals surface area contributed by atoms with Crippen LogP contribution in [0, 0.1) is 5.82 Å². The molecule has 1 aliphatic rings. The molecule has 1 saturated heterocycles. The SMILES string of the molecule is O=S(=O)(c1ccc(Cl)c(F)c1Cl)N1CCOC(CCl)C1. The first-order chi connectivity index (χ1) is 9.37. The van der Waals surface area contributed by atoms with Crippen LogP contribution in [0.4, 0.5) is 4.39 Å². The van der Waals surface area contributed by atoms with E-state index < -0.39 is 27.0 Å². The minimum Gasteiger partial charge on any atom is -0.374 e. The van der Waals surface area contributed by atoms with Gasteiger partial charge in [0.1, 0.15) is 4.90 Å². The molecule has 4 nitrogen and oxygen atoms in total. The highest BCUT2D eigenvalue weighted by molar-refractivity contribution is 7.89. The molecular formula is C11H11Cl3FNO3S. The van der Waals surface area contributed by atoms with Gasteiger partial charge in [-0.25, -0.2) is 12.8 Å². The maximum atomic E-state index is 13.6. The van der Waals surface area contributed by atoms with Crippen LogP contribution in [0.2, 0.25) is 10.0 Å². The van der Waals surface area contributed by atoms with Crippen molar-refractivity contribution in [2.24, 2.45) is 0 Å². The van der Waals surface area contributed by atoms with Crippen molar-refractivity contribution in [2.75, 3.05) is 25.6 Å². The number of morpholine rings is 1. The Morgan fingerprint density at radius 2 is 2.10 bits per heavy atom. The van der Waals surface area contributed by atoms with E-state index in [9.17, 15) is 12.8 Å². The van der Waals surface area contributed by atoms with Crippen molar-refractivity contribution < 1.29 is 17.5 Å².